The van der Waals surface area contributed by atoms with Crippen LogP contribution in [0.2, 0.25) is 0 Å². The van der Waals surface area contributed by atoms with Gasteiger partial charge < -0.3 is 20.6 Å². The van der Waals surface area contributed by atoms with E-state index in [1.54, 1.807) is 7.11 Å². The summed E-state index contributed by atoms with van der Waals surface area (Å²) in [5, 5.41) is 8.56. The van der Waals surface area contributed by atoms with E-state index in [2.05, 4.69) is 28.5 Å². The molecule has 3 atom stereocenters. The van der Waals surface area contributed by atoms with Crippen molar-refractivity contribution in [1.82, 2.24) is 9.88 Å². The number of halogens is 3. The van der Waals surface area contributed by atoms with Crippen LogP contribution >= 0.6 is 0 Å². The molecular weight excluding hydrogens is 435 g/mol. The monoisotopic (exact) mass is 467 g/mol. The van der Waals surface area contributed by atoms with Crippen molar-refractivity contribution in [3.05, 3.63) is 17.8 Å². The number of hydrogen-bond acceptors (Lipinski definition) is 7. The van der Waals surface area contributed by atoms with Gasteiger partial charge in [0.25, 0.3) is 0 Å². The van der Waals surface area contributed by atoms with Gasteiger partial charge in [0.05, 0.1) is 6.10 Å². The summed E-state index contributed by atoms with van der Waals surface area (Å²) in [4.78, 5) is 11.2. The molecule has 1 aliphatic heterocycles. The number of rotatable bonds is 9. The molecular formula is C23H32F3N5O2. The van der Waals surface area contributed by atoms with Gasteiger partial charge in [-0.1, -0.05) is 6.92 Å². The third-order valence-corrected chi connectivity index (χ3v) is 7.32. The maximum atomic E-state index is 12.7. The van der Waals surface area contributed by atoms with Crippen molar-refractivity contribution < 1.29 is 22.6 Å². The highest BCUT2D eigenvalue weighted by Gasteiger charge is 2.59. The Kier molecular flexibility index (Phi) is 6.68. The number of methoxy groups -OCH3 is 1. The number of nitrogens with two attached hydrogens (primary N) is 1. The van der Waals surface area contributed by atoms with Crippen LogP contribution in [0.3, 0.4) is 0 Å². The molecule has 0 radical (unpaired) electrons. The van der Waals surface area contributed by atoms with Gasteiger partial charge in [0.2, 0.25) is 0 Å². The number of fused-ring (bicyclic) bond motifs is 1. The Balaban J connectivity index is 1.43. The molecule has 7 nitrogen and oxygen atoms in total. The third kappa shape index (κ3) is 5.32. The smallest absolute Gasteiger partial charge is 0.402 e. The normalized spacial score (nSPS) is 28.8. The fraction of sp³-hybridized carbons (Fsp3) is 0.696. The first-order chi connectivity index (χ1) is 15.6. The van der Waals surface area contributed by atoms with Crippen LogP contribution in [0.25, 0.3) is 0 Å². The fourth-order valence-corrected chi connectivity index (χ4v) is 5.26. The van der Waals surface area contributed by atoms with Gasteiger partial charge in [0.15, 0.2) is 11.6 Å². The van der Waals surface area contributed by atoms with Crippen LogP contribution in [0.5, 0.6) is 5.75 Å². The Morgan fingerprint density at radius 1 is 1.33 bits per heavy atom. The number of nitrogen functional groups attached to an aromatic ring is 1. The molecule has 2 aliphatic carbocycles. The van der Waals surface area contributed by atoms with Crippen molar-refractivity contribution >= 4 is 17.2 Å². The molecule has 0 amide bonds. The molecule has 3 N–H and O–H groups in total. The molecule has 1 aromatic rings. The van der Waals surface area contributed by atoms with Gasteiger partial charge in [0.1, 0.15) is 0 Å². The highest BCUT2D eigenvalue weighted by molar-refractivity contribution is 6.12. The minimum absolute atomic E-state index is 0.136. The van der Waals surface area contributed by atoms with Gasteiger partial charge in [-0.05, 0) is 44.1 Å². The summed E-state index contributed by atoms with van der Waals surface area (Å²) in [5.41, 5.74) is 6.94. The number of nitrogens with one attached hydrogen (secondary N) is 1. The van der Waals surface area contributed by atoms with Gasteiger partial charge in [-0.2, -0.15) is 0 Å². The number of ether oxygens (including phenoxy) is 2. The van der Waals surface area contributed by atoms with Gasteiger partial charge >= 0.3 is 6.36 Å². The van der Waals surface area contributed by atoms with Crippen molar-refractivity contribution in [2.75, 3.05) is 25.9 Å². The van der Waals surface area contributed by atoms with Crippen molar-refractivity contribution in [2.24, 2.45) is 22.7 Å². The molecule has 2 heterocycles. The van der Waals surface area contributed by atoms with Crippen LogP contribution in [0.15, 0.2) is 17.3 Å². The molecule has 3 aliphatic rings. The zero-order valence-corrected chi connectivity index (χ0v) is 19.2. The zero-order valence-electron chi connectivity index (χ0n) is 19.2. The number of aromatic nitrogens is 1. The van der Waals surface area contributed by atoms with E-state index in [1.807, 2.05) is 0 Å². The Bertz CT molecular complexity index is 904. The summed E-state index contributed by atoms with van der Waals surface area (Å²) in [7, 11) is 1.76. The van der Waals surface area contributed by atoms with Crippen LogP contribution in [0.4, 0.5) is 19.0 Å². The average molecular weight is 468 g/mol. The molecule has 0 bridgehead atoms. The largest absolute Gasteiger partial charge is 0.573 e. The lowest BCUT2D eigenvalue weighted by molar-refractivity contribution is -0.274. The van der Waals surface area contributed by atoms with Gasteiger partial charge in [-0.25, -0.2) is 4.98 Å². The lowest BCUT2D eigenvalue weighted by Crippen LogP contribution is -2.55. The Labute approximate surface area is 192 Å². The number of anilines is 1. The Morgan fingerprint density at radius 3 is 2.58 bits per heavy atom. The fourth-order valence-electron chi connectivity index (χ4n) is 5.26. The SMILES string of the molecule is CCC(C)N=C(CC(=N)c1cnc(N)c(OC(F)(F)F)c1)C1C2CC(N3CC(OC)C3)CC21. The standard InChI is InChI=1S/C23H32F3N5O2/c1-4-12(2)30-19(21-16-6-14(7-17(16)21)31-10-15(11-31)32-3)8-18(27)13-5-20(22(28)29-9-13)33-23(24,25)26/h5,9,12,14-17,21,27H,4,6-8,10-11H2,1-3H3,(H2,28,29). The number of likely N-dealkylation sites (tertiary alicyclic amines) is 1. The second-order valence-corrected chi connectivity index (χ2v) is 9.48. The molecule has 10 heteroatoms. The summed E-state index contributed by atoms with van der Waals surface area (Å²) < 4.78 is 47.3. The first kappa shape index (κ1) is 23.9. The average Bonchev–Trinajstić information content (AvgIpc) is 3.21. The minimum Gasteiger partial charge on any atom is -0.402 e. The van der Waals surface area contributed by atoms with Crippen LogP contribution in [-0.2, 0) is 4.74 Å². The van der Waals surface area contributed by atoms with Gasteiger partial charge in [-0.3, -0.25) is 9.89 Å². The first-order valence-corrected chi connectivity index (χ1v) is 11.5. The molecule has 33 heavy (non-hydrogen) atoms. The molecule has 1 aromatic heterocycles. The molecule has 1 saturated heterocycles. The predicted octanol–water partition coefficient (Wildman–Crippen LogP) is 3.92. The molecule has 2 saturated carbocycles. The van der Waals surface area contributed by atoms with Gasteiger partial charge in [-0.15, -0.1) is 13.2 Å². The number of nitrogens with zero attached hydrogens (tertiary/aromatic N) is 3. The molecule has 0 spiro atoms. The second kappa shape index (κ2) is 9.21. The number of hydrogen-bond donors (Lipinski definition) is 2. The van der Waals surface area contributed by atoms with Crippen LogP contribution in [-0.4, -0.2) is 66.1 Å². The summed E-state index contributed by atoms with van der Waals surface area (Å²) in [6.45, 7) is 6.11. The first-order valence-electron chi connectivity index (χ1n) is 11.5. The molecule has 182 valence electrons. The molecule has 0 aromatic carbocycles. The lowest BCUT2D eigenvalue weighted by atomic mass is 9.95. The van der Waals surface area contributed by atoms with E-state index in [4.69, 9.17) is 20.9 Å². The predicted molar refractivity (Wildman–Crippen MR) is 120 cm³/mol. The summed E-state index contributed by atoms with van der Waals surface area (Å²) >= 11 is 0. The molecule has 3 fully saturated rings. The van der Waals surface area contributed by atoms with E-state index in [1.165, 1.54) is 6.20 Å². The summed E-state index contributed by atoms with van der Waals surface area (Å²) in [6.07, 6.45) is 0.237. The maximum absolute atomic E-state index is 12.7. The lowest BCUT2D eigenvalue weighted by Gasteiger charge is -2.43. The summed E-state index contributed by atoms with van der Waals surface area (Å²) in [5.74, 6) is 0.548. The van der Waals surface area contributed by atoms with Crippen molar-refractivity contribution in [3.8, 4) is 5.75 Å². The van der Waals surface area contributed by atoms with Crippen LogP contribution in [0.1, 0.15) is 45.1 Å². The minimum atomic E-state index is -4.87. The van der Waals surface area contributed by atoms with Crippen molar-refractivity contribution in [3.63, 3.8) is 0 Å². The number of pyridine rings is 1. The highest BCUT2D eigenvalue weighted by atomic mass is 19.4. The van der Waals surface area contributed by atoms with Crippen LogP contribution < -0.4 is 10.5 Å². The van der Waals surface area contributed by atoms with E-state index in [-0.39, 0.29) is 23.1 Å². The summed E-state index contributed by atoms with van der Waals surface area (Å²) in [6, 6.07) is 1.87. The molecule has 4 rings (SSSR count). The Hall–Kier alpha value is -2.20. The van der Waals surface area contributed by atoms with E-state index in [0.29, 0.717) is 36.3 Å². The van der Waals surface area contributed by atoms with Gasteiger partial charge in [0, 0.05) is 67.8 Å². The Morgan fingerprint density at radius 2 is 2.00 bits per heavy atom. The van der Waals surface area contributed by atoms with E-state index < -0.39 is 12.1 Å². The van der Waals surface area contributed by atoms with Crippen molar-refractivity contribution in [2.45, 2.75) is 64.1 Å². The van der Waals surface area contributed by atoms with Crippen LogP contribution in [0, 0.1) is 23.2 Å². The second-order valence-electron chi connectivity index (χ2n) is 9.48. The maximum Gasteiger partial charge on any atom is 0.573 e. The highest BCUT2D eigenvalue weighted by Crippen LogP contribution is 2.60. The van der Waals surface area contributed by atoms with Crippen molar-refractivity contribution in [1.29, 1.82) is 5.41 Å². The number of alkyl halides is 3. The third-order valence-electron chi connectivity index (χ3n) is 7.32. The van der Waals surface area contributed by atoms with E-state index >= 15 is 0 Å². The topological polar surface area (TPSA) is 96.8 Å². The van der Waals surface area contributed by atoms with E-state index in [9.17, 15) is 13.2 Å². The van der Waals surface area contributed by atoms with E-state index in [0.717, 1.165) is 44.1 Å². The number of aliphatic imine (C=N–C) groups is 1. The quantitative estimate of drug-likeness (QED) is 0.537. The molecule has 3 unspecified atom stereocenters. The zero-order chi connectivity index (χ0) is 23.9.